The lowest BCUT2D eigenvalue weighted by Crippen LogP contribution is -2.41. The van der Waals surface area contributed by atoms with Gasteiger partial charge in [-0.3, -0.25) is 14.5 Å². The number of hydrogen-bond donors (Lipinski definition) is 1. The maximum absolute atomic E-state index is 13.6. The Labute approximate surface area is 201 Å². The van der Waals surface area contributed by atoms with Crippen LogP contribution in [0.4, 0.5) is 0 Å². The molecule has 1 N–H and O–H groups in total. The van der Waals surface area contributed by atoms with Crippen molar-refractivity contribution in [3.63, 3.8) is 0 Å². The van der Waals surface area contributed by atoms with Crippen LogP contribution in [0.1, 0.15) is 44.6 Å². The molecule has 33 heavy (non-hydrogen) atoms. The number of rotatable bonds is 14. The summed E-state index contributed by atoms with van der Waals surface area (Å²) in [4.78, 5) is 34.1. The maximum Gasteiger partial charge on any atom is 0.273 e. The highest BCUT2D eigenvalue weighted by molar-refractivity contribution is 6.30. The molecule has 0 atom stereocenters. The van der Waals surface area contributed by atoms with E-state index < -0.39 is 0 Å². The van der Waals surface area contributed by atoms with Gasteiger partial charge in [-0.2, -0.15) is 0 Å². The van der Waals surface area contributed by atoms with Crippen LogP contribution in [-0.2, 0) is 20.9 Å². The number of carbonyl (C=O) groups is 2. The normalized spacial score (nSPS) is 14.5. The lowest BCUT2D eigenvalue weighted by molar-refractivity contribution is -0.129. The van der Waals surface area contributed by atoms with Crippen LogP contribution >= 0.6 is 11.6 Å². The molecular formula is C24H35ClN4O4. The molecule has 1 aromatic rings. The third-order valence-electron chi connectivity index (χ3n) is 5.67. The fourth-order valence-electron chi connectivity index (χ4n) is 3.79. The van der Waals surface area contributed by atoms with E-state index in [0.717, 1.165) is 31.2 Å². The summed E-state index contributed by atoms with van der Waals surface area (Å²) in [6, 6.07) is 7.37. The average Bonchev–Trinajstić information content (AvgIpc) is 3.35. The number of likely N-dealkylation sites (N-methyl/N-ethyl adjacent to an activating group) is 1. The molecular weight excluding hydrogens is 444 g/mol. The van der Waals surface area contributed by atoms with Crippen molar-refractivity contribution in [2.24, 2.45) is 4.99 Å². The first-order valence-corrected chi connectivity index (χ1v) is 11.7. The van der Waals surface area contributed by atoms with Gasteiger partial charge in [0.05, 0.1) is 6.10 Å². The molecule has 8 nitrogen and oxygen atoms in total. The maximum atomic E-state index is 13.6. The van der Waals surface area contributed by atoms with E-state index in [-0.39, 0.29) is 36.9 Å². The second kappa shape index (κ2) is 14.0. The van der Waals surface area contributed by atoms with E-state index in [1.54, 1.807) is 31.0 Å². The third-order valence-corrected chi connectivity index (χ3v) is 5.93. The smallest absolute Gasteiger partial charge is 0.273 e. The van der Waals surface area contributed by atoms with Crippen molar-refractivity contribution in [1.82, 2.24) is 14.7 Å². The molecule has 1 saturated carbocycles. The second-order valence-electron chi connectivity index (χ2n) is 8.05. The van der Waals surface area contributed by atoms with Crippen LogP contribution in [0.15, 0.2) is 40.8 Å². The van der Waals surface area contributed by atoms with Crippen molar-refractivity contribution in [3.05, 3.63) is 46.4 Å². The predicted octanol–water partition coefficient (Wildman–Crippen LogP) is 3.25. The van der Waals surface area contributed by atoms with E-state index in [2.05, 4.69) is 11.7 Å². The molecule has 9 heteroatoms. The van der Waals surface area contributed by atoms with Gasteiger partial charge < -0.3 is 19.6 Å². The number of ether oxygens (including phenoxy) is 1. The van der Waals surface area contributed by atoms with Gasteiger partial charge in [-0.25, -0.2) is 4.99 Å². The molecule has 1 aliphatic rings. The fourth-order valence-corrected chi connectivity index (χ4v) is 3.91. The first-order chi connectivity index (χ1) is 15.9. The number of carbonyl (C=O) groups excluding carboxylic acids is 2. The van der Waals surface area contributed by atoms with Crippen molar-refractivity contribution in [2.45, 2.75) is 51.7 Å². The Bertz CT molecular complexity index is 809. The summed E-state index contributed by atoms with van der Waals surface area (Å²) in [6.07, 6.45) is 5.44. The topological polar surface area (TPSA) is 85.7 Å². The molecule has 0 aromatic heterocycles. The van der Waals surface area contributed by atoms with Gasteiger partial charge in [0.1, 0.15) is 12.4 Å². The second-order valence-corrected chi connectivity index (χ2v) is 8.49. The predicted molar refractivity (Wildman–Crippen MR) is 130 cm³/mol. The molecule has 0 heterocycles. The van der Waals surface area contributed by atoms with Gasteiger partial charge in [0.25, 0.3) is 5.91 Å². The minimum Gasteiger partial charge on any atom is -0.396 e. The lowest BCUT2D eigenvalue weighted by atomic mass is 10.2. The van der Waals surface area contributed by atoms with Crippen LogP contribution in [0.25, 0.3) is 0 Å². The molecule has 1 fully saturated rings. The number of benzene rings is 1. The number of hydrogen-bond acceptors (Lipinski definition) is 6. The van der Waals surface area contributed by atoms with E-state index >= 15 is 0 Å². The first-order valence-electron chi connectivity index (χ1n) is 11.3. The average molecular weight is 479 g/mol. The van der Waals surface area contributed by atoms with Gasteiger partial charge in [0, 0.05) is 38.3 Å². The van der Waals surface area contributed by atoms with E-state index in [4.69, 9.17) is 16.3 Å². The van der Waals surface area contributed by atoms with Gasteiger partial charge in [-0.05, 0) is 50.6 Å². The van der Waals surface area contributed by atoms with Crippen LogP contribution in [0, 0.1) is 0 Å². The van der Waals surface area contributed by atoms with E-state index in [9.17, 15) is 14.7 Å². The monoisotopic (exact) mass is 478 g/mol. The summed E-state index contributed by atoms with van der Waals surface area (Å²) in [5, 5.41) is 9.83. The van der Waals surface area contributed by atoms with Gasteiger partial charge in [-0.1, -0.05) is 36.6 Å². The quantitative estimate of drug-likeness (QED) is 0.192. The van der Waals surface area contributed by atoms with Crippen LogP contribution in [0.3, 0.4) is 0 Å². The Kier molecular flexibility index (Phi) is 11.4. The van der Waals surface area contributed by atoms with Crippen LogP contribution in [0.2, 0.25) is 5.02 Å². The lowest BCUT2D eigenvalue weighted by Gasteiger charge is -2.32. The molecule has 2 amide bonds. The van der Waals surface area contributed by atoms with Crippen LogP contribution < -0.4 is 0 Å². The van der Waals surface area contributed by atoms with E-state index in [1.807, 2.05) is 12.1 Å². The summed E-state index contributed by atoms with van der Waals surface area (Å²) in [6.45, 7) is 6.61. The highest BCUT2D eigenvalue weighted by Crippen LogP contribution is 2.25. The molecule has 1 aliphatic carbocycles. The van der Waals surface area contributed by atoms with Crippen LogP contribution in [-0.4, -0.2) is 78.4 Å². The Morgan fingerprint density at radius 1 is 1.30 bits per heavy atom. The minimum absolute atomic E-state index is 0.0298. The van der Waals surface area contributed by atoms with Crippen molar-refractivity contribution in [1.29, 1.82) is 0 Å². The number of aliphatic hydroxyl groups excluding tert-OH is 1. The number of halogens is 1. The highest BCUT2D eigenvalue weighted by atomic mass is 35.5. The summed E-state index contributed by atoms with van der Waals surface area (Å²) in [5.74, 6) is -0.146. The number of aliphatic imine (C=N–C) groups is 1. The summed E-state index contributed by atoms with van der Waals surface area (Å²) >= 11 is 6.05. The highest BCUT2D eigenvalue weighted by Gasteiger charge is 2.29. The van der Waals surface area contributed by atoms with Gasteiger partial charge >= 0.3 is 0 Å². The molecule has 0 saturated heterocycles. The summed E-state index contributed by atoms with van der Waals surface area (Å²) < 4.78 is 6.18. The van der Waals surface area contributed by atoms with Gasteiger partial charge in [0.15, 0.2) is 5.82 Å². The number of aliphatic hydroxyl groups is 1. The van der Waals surface area contributed by atoms with Crippen molar-refractivity contribution < 1.29 is 19.4 Å². The first kappa shape index (κ1) is 26.8. The summed E-state index contributed by atoms with van der Waals surface area (Å²) in [7, 11) is 1.66. The Balaban J connectivity index is 2.49. The molecule has 0 bridgehead atoms. The number of nitrogens with zero attached hydrogens (tertiary/aromatic N) is 4. The molecule has 0 radical (unpaired) electrons. The molecule has 0 unspecified atom stereocenters. The SMILES string of the molecule is C=N/C(=C(/C(=O)N(C)CCCO)N(COC1CCCC1)Cc1ccc(Cl)cc1)N(C=O)CC. The zero-order valence-corrected chi connectivity index (χ0v) is 20.3. The zero-order chi connectivity index (χ0) is 24.2. The molecule has 0 spiro atoms. The minimum atomic E-state index is -0.324. The molecule has 1 aromatic carbocycles. The summed E-state index contributed by atoms with van der Waals surface area (Å²) in [5.41, 5.74) is 1.16. The van der Waals surface area contributed by atoms with Crippen molar-refractivity contribution >= 4 is 30.6 Å². The Morgan fingerprint density at radius 2 is 1.97 bits per heavy atom. The van der Waals surface area contributed by atoms with Gasteiger partial charge in [-0.15, -0.1) is 0 Å². The van der Waals surface area contributed by atoms with E-state index in [1.165, 1.54) is 9.80 Å². The molecule has 182 valence electrons. The van der Waals surface area contributed by atoms with Crippen molar-refractivity contribution in [2.75, 3.05) is 33.5 Å². The fraction of sp³-hybridized carbons (Fsp3) is 0.542. The van der Waals surface area contributed by atoms with Crippen LogP contribution in [0.5, 0.6) is 0 Å². The Hall–Kier alpha value is -2.42. The third kappa shape index (κ3) is 7.84. The number of amides is 2. The molecule has 0 aliphatic heterocycles. The van der Waals surface area contributed by atoms with Crippen molar-refractivity contribution in [3.8, 4) is 0 Å². The Morgan fingerprint density at radius 3 is 2.52 bits per heavy atom. The van der Waals surface area contributed by atoms with Gasteiger partial charge in [0.2, 0.25) is 6.41 Å². The van der Waals surface area contributed by atoms with E-state index in [0.29, 0.717) is 37.5 Å². The largest absolute Gasteiger partial charge is 0.396 e. The zero-order valence-electron chi connectivity index (χ0n) is 19.6. The standard InChI is InChI=1S/C24H35ClN4O4/c1-4-28(17-31)23(26-2)22(24(32)27(3)14-7-15-30)29(18-33-21-8-5-6-9-21)16-19-10-12-20(25)13-11-19/h10-13,17,21,30H,2,4-9,14-16,18H2,1,3H3/b23-22+. The molecule has 2 rings (SSSR count).